The van der Waals surface area contributed by atoms with Crippen LogP contribution in [-0.4, -0.2) is 29.7 Å². The number of nitrogens with zero attached hydrogens (tertiary/aromatic N) is 2. The van der Waals surface area contributed by atoms with E-state index >= 15 is 0 Å². The van der Waals surface area contributed by atoms with E-state index in [9.17, 15) is 17.6 Å². The van der Waals surface area contributed by atoms with Gasteiger partial charge >= 0.3 is 5.97 Å². The molecule has 1 N–H and O–H groups in total. The number of carbonyl (C=O) groups is 1. The molecule has 0 amide bonds. The standard InChI is InChI=1S/C12H11FN2O5S/c1-6-9(13)3-8(12(16)17)4-10(6)21(18,19)5-11-15-14-7(2)20-11/h3-4H,5H2,1-2H3,(H,16,17). The second-order valence-electron chi connectivity index (χ2n) is 4.36. The van der Waals surface area contributed by atoms with Gasteiger partial charge in [-0.15, -0.1) is 10.2 Å². The summed E-state index contributed by atoms with van der Waals surface area (Å²) in [6, 6.07) is 1.69. The smallest absolute Gasteiger partial charge is 0.335 e. The van der Waals surface area contributed by atoms with Crippen LogP contribution in [-0.2, 0) is 15.6 Å². The lowest BCUT2D eigenvalue weighted by Crippen LogP contribution is -2.10. The fourth-order valence-corrected chi connectivity index (χ4v) is 3.20. The zero-order valence-electron chi connectivity index (χ0n) is 11.1. The molecule has 9 heteroatoms. The van der Waals surface area contributed by atoms with Gasteiger partial charge in [0.25, 0.3) is 0 Å². The number of aryl methyl sites for hydroxylation is 1. The number of aromatic nitrogens is 2. The molecule has 0 atom stereocenters. The molecule has 0 saturated heterocycles. The summed E-state index contributed by atoms with van der Waals surface area (Å²) in [5, 5.41) is 15.9. The number of benzene rings is 1. The van der Waals surface area contributed by atoms with E-state index in [0.29, 0.717) is 0 Å². The molecule has 7 nitrogen and oxygen atoms in total. The van der Waals surface area contributed by atoms with Gasteiger partial charge in [0.1, 0.15) is 11.6 Å². The molecule has 0 aliphatic carbocycles. The molecule has 112 valence electrons. The Hall–Kier alpha value is -2.29. The summed E-state index contributed by atoms with van der Waals surface area (Å²) in [4.78, 5) is 10.5. The summed E-state index contributed by atoms with van der Waals surface area (Å²) < 4.78 is 43.2. The SMILES string of the molecule is Cc1nnc(CS(=O)(=O)c2cc(C(=O)O)cc(F)c2C)o1. The van der Waals surface area contributed by atoms with Crippen molar-refractivity contribution in [3.63, 3.8) is 0 Å². The van der Waals surface area contributed by atoms with Crippen molar-refractivity contribution in [1.29, 1.82) is 0 Å². The summed E-state index contributed by atoms with van der Waals surface area (Å²) in [6.45, 7) is 2.76. The van der Waals surface area contributed by atoms with Gasteiger partial charge in [-0.1, -0.05) is 0 Å². The first-order valence-corrected chi connectivity index (χ1v) is 7.41. The van der Waals surface area contributed by atoms with Gasteiger partial charge in [-0.25, -0.2) is 17.6 Å². The van der Waals surface area contributed by atoms with Crippen LogP contribution in [0.25, 0.3) is 0 Å². The lowest BCUT2D eigenvalue weighted by molar-refractivity contribution is 0.0696. The second-order valence-corrected chi connectivity index (χ2v) is 6.32. The lowest BCUT2D eigenvalue weighted by atomic mass is 10.1. The van der Waals surface area contributed by atoms with Crippen LogP contribution in [0, 0.1) is 19.7 Å². The molecule has 1 aromatic carbocycles. The molecule has 0 unspecified atom stereocenters. The highest BCUT2D eigenvalue weighted by Gasteiger charge is 2.24. The minimum Gasteiger partial charge on any atom is -0.478 e. The Morgan fingerprint density at radius 3 is 2.52 bits per heavy atom. The minimum absolute atomic E-state index is 0.145. The van der Waals surface area contributed by atoms with E-state index in [4.69, 9.17) is 9.52 Å². The molecule has 0 aliphatic heterocycles. The summed E-state index contributed by atoms with van der Waals surface area (Å²) in [6.07, 6.45) is 0. The first kappa shape index (κ1) is 15.1. The van der Waals surface area contributed by atoms with Gasteiger partial charge in [-0.05, 0) is 19.1 Å². The maximum Gasteiger partial charge on any atom is 0.335 e. The predicted octanol–water partition coefficient (Wildman–Crippen LogP) is 1.50. The molecule has 0 fully saturated rings. The Bertz CT molecular complexity index is 813. The van der Waals surface area contributed by atoms with Crippen molar-refractivity contribution in [1.82, 2.24) is 10.2 Å². The number of halogens is 1. The molecule has 2 aromatic rings. The van der Waals surface area contributed by atoms with Gasteiger partial charge in [0.2, 0.25) is 11.8 Å². The van der Waals surface area contributed by atoms with Crippen LogP contribution in [0.5, 0.6) is 0 Å². The normalized spacial score (nSPS) is 11.6. The highest BCUT2D eigenvalue weighted by Crippen LogP contribution is 2.24. The van der Waals surface area contributed by atoms with Crippen LogP contribution in [0.4, 0.5) is 4.39 Å². The van der Waals surface area contributed by atoms with Gasteiger partial charge in [-0.2, -0.15) is 0 Å². The number of carboxylic acids is 1. The quantitative estimate of drug-likeness (QED) is 0.910. The third-order valence-corrected chi connectivity index (χ3v) is 4.48. The Labute approximate surface area is 119 Å². The maximum atomic E-state index is 13.7. The van der Waals surface area contributed by atoms with Crippen molar-refractivity contribution in [3.8, 4) is 0 Å². The topological polar surface area (TPSA) is 110 Å². The fraction of sp³-hybridized carbons (Fsp3) is 0.250. The summed E-state index contributed by atoms with van der Waals surface area (Å²) in [7, 11) is -4.01. The summed E-state index contributed by atoms with van der Waals surface area (Å²) >= 11 is 0. The lowest BCUT2D eigenvalue weighted by Gasteiger charge is -2.08. The van der Waals surface area contributed by atoms with Crippen LogP contribution in [0.15, 0.2) is 21.4 Å². The maximum absolute atomic E-state index is 13.7. The monoisotopic (exact) mass is 314 g/mol. The molecular weight excluding hydrogens is 303 g/mol. The largest absolute Gasteiger partial charge is 0.478 e. The second kappa shape index (κ2) is 5.24. The molecular formula is C12H11FN2O5S. The Morgan fingerprint density at radius 1 is 1.33 bits per heavy atom. The van der Waals surface area contributed by atoms with Crippen molar-refractivity contribution in [3.05, 3.63) is 40.9 Å². The van der Waals surface area contributed by atoms with E-state index in [-0.39, 0.29) is 17.3 Å². The van der Waals surface area contributed by atoms with Crippen LogP contribution < -0.4 is 0 Å². The number of aromatic carboxylic acids is 1. The molecule has 0 spiro atoms. The molecule has 0 bridgehead atoms. The zero-order chi connectivity index (χ0) is 15.8. The van der Waals surface area contributed by atoms with Crippen molar-refractivity contribution < 1.29 is 27.1 Å². The number of rotatable bonds is 4. The van der Waals surface area contributed by atoms with Gasteiger partial charge in [-0.3, -0.25) is 0 Å². The van der Waals surface area contributed by atoms with Crippen molar-refractivity contribution in [2.24, 2.45) is 0 Å². The highest BCUT2D eigenvalue weighted by molar-refractivity contribution is 7.90. The fourth-order valence-electron chi connectivity index (χ4n) is 1.74. The molecule has 0 saturated carbocycles. The van der Waals surface area contributed by atoms with Crippen molar-refractivity contribution in [2.45, 2.75) is 24.5 Å². The molecule has 0 aliphatic rings. The van der Waals surface area contributed by atoms with E-state index < -0.39 is 37.8 Å². The predicted molar refractivity (Wildman–Crippen MR) is 68.0 cm³/mol. The number of carboxylic acid groups (broad SMARTS) is 1. The Balaban J connectivity index is 2.51. The zero-order valence-corrected chi connectivity index (χ0v) is 11.9. The molecule has 1 heterocycles. The van der Waals surface area contributed by atoms with Crippen molar-refractivity contribution >= 4 is 15.8 Å². The first-order valence-electron chi connectivity index (χ1n) is 5.76. The average Bonchev–Trinajstić information content (AvgIpc) is 2.76. The van der Waals surface area contributed by atoms with E-state index in [1.54, 1.807) is 0 Å². The van der Waals surface area contributed by atoms with E-state index in [2.05, 4.69) is 10.2 Å². The van der Waals surface area contributed by atoms with Gasteiger partial charge in [0.15, 0.2) is 9.84 Å². The van der Waals surface area contributed by atoms with Crippen LogP contribution in [0.1, 0.15) is 27.7 Å². The third kappa shape index (κ3) is 3.07. The third-order valence-electron chi connectivity index (χ3n) is 2.76. The summed E-state index contributed by atoms with van der Waals surface area (Å²) in [5.41, 5.74) is -0.602. The van der Waals surface area contributed by atoms with Gasteiger partial charge < -0.3 is 9.52 Å². The van der Waals surface area contributed by atoms with Crippen LogP contribution >= 0.6 is 0 Å². The highest BCUT2D eigenvalue weighted by atomic mass is 32.2. The minimum atomic E-state index is -4.01. The molecule has 1 aromatic heterocycles. The first-order chi connectivity index (χ1) is 9.70. The van der Waals surface area contributed by atoms with Gasteiger partial charge in [0.05, 0.1) is 10.5 Å². The molecule has 2 rings (SSSR count). The van der Waals surface area contributed by atoms with Gasteiger partial charge in [0, 0.05) is 12.5 Å². The van der Waals surface area contributed by atoms with Crippen LogP contribution in [0.2, 0.25) is 0 Å². The van der Waals surface area contributed by atoms with E-state index in [1.165, 1.54) is 13.8 Å². The molecule has 0 radical (unpaired) electrons. The van der Waals surface area contributed by atoms with Crippen LogP contribution in [0.3, 0.4) is 0 Å². The van der Waals surface area contributed by atoms with E-state index in [1.807, 2.05) is 0 Å². The Kier molecular flexibility index (Phi) is 3.77. The number of hydrogen-bond acceptors (Lipinski definition) is 6. The van der Waals surface area contributed by atoms with Crippen molar-refractivity contribution in [2.75, 3.05) is 0 Å². The number of hydrogen-bond donors (Lipinski definition) is 1. The average molecular weight is 314 g/mol. The summed E-state index contributed by atoms with van der Waals surface area (Å²) in [5.74, 6) is -2.90. The number of sulfone groups is 1. The van der Waals surface area contributed by atoms with E-state index in [0.717, 1.165) is 12.1 Å². The molecule has 21 heavy (non-hydrogen) atoms. The Morgan fingerprint density at radius 2 is 2.00 bits per heavy atom.